The molecule has 0 bridgehead atoms. The molecule has 2 N–H and O–H groups in total. The van der Waals surface area contributed by atoms with Crippen molar-refractivity contribution in [3.8, 4) is 0 Å². The molecule has 1 atom stereocenters. The average Bonchev–Trinajstić information content (AvgIpc) is 2.48. The number of nitrogens with zero attached hydrogens (tertiary/aromatic N) is 2. The van der Waals surface area contributed by atoms with Gasteiger partial charge in [0.15, 0.2) is 0 Å². The van der Waals surface area contributed by atoms with Gasteiger partial charge in [0.1, 0.15) is 0 Å². The lowest BCUT2D eigenvalue weighted by Crippen LogP contribution is -2.45. The van der Waals surface area contributed by atoms with E-state index in [1.807, 2.05) is 12.4 Å². The van der Waals surface area contributed by atoms with E-state index in [1.165, 1.54) is 18.4 Å². The monoisotopic (exact) mass is 277 g/mol. The minimum Gasteiger partial charge on any atom is -0.396 e. The van der Waals surface area contributed by atoms with Gasteiger partial charge in [0.05, 0.1) is 0 Å². The molecule has 4 nitrogen and oxygen atoms in total. The van der Waals surface area contributed by atoms with Crippen molar-refractivity contribution in [3.05, 3.63) is 30.1 Å². The molecule has 1 aromatic heterocycles. The fourth-order valence-electron chi connectivity index (χ4n) is 2.89. The Labute approximate surface area is 122 Å². The van der Waals surface area contributed by atoms with E-state index >= 15 is 0 Å². The second-order valence-corrected chi connectivity index (χ2v) is 5.84. The SMILES string of the molecule is CC(CCCO)NC1CCN(Cc2ccncc2)CC1. The highest BCUT2D eigenvalue weighted by Crippen LogP contribution is 2.14. The van der Waals surface area contributed by atoms with Crippen LogP contribution in [0.25, 0.3) is 0 Å². The van der Waals surface area contributed by atoms with Crippen LogP contribution in [0.4, 0.5) is 0 Å². The summed E-state index contributed by atoms with van der Waals surface area (Å²) in [6.07, 6.45) is 8.13. The van der Waals surface area contributed by atoms with E-state index in [4.69, 9.17) is 5.11 Å². The summed E-state index contributed by atoms with van der Waals surface area (Å²) in [6.45, 7) is 5.88. The van der Waals surface area contributed by atoms with Gasteiger partial charge in [0.2, 0.25) is 0 Å². The third kappa shape index (κ3) is 5.19. The molecule has 2 heterocycles. The minimum absolute atomic E-state index is 0.302. The van der Waals surface area contributed by atoms with Crippen molar-refractivity contribution in [2.75, 3.05) is 19.7 Å². The smallest absolute Gasteiger partial charge is 0.0431 e. The Balaban J connectivity index is 1.67. The van der Waals surface area contributed by atoms with Crippen molar-refractivity contribution in [1.82, 2.24) is 15.2 Å². The van der Waals surface area contributed by atoms with Crippen LogP contribution in [-0.2, 0) is 6.54 Å². The first kappa shape index (κ1) is 15.4. The number of aliphatic hydroxyl groups is 1. The number of nitrogens with one attached hydrogen (secondary N) is 1. The van der Waals surface area contributed by atoms with Crippen LogP contribution in [0.1, 0.15) is 38.2 Å². The Morgan fingerprint density at radius 2 is 2.05 bits per heavy atom. The van der Waals surface area contributed by atoms with E-state index in [1.54, 1.807) is 0 Å². The zero-order chi connectivity index (χ0) is 14.2. The number of likely N-dealkylation sites (tertiary alicyclic amines) is 1. The Hall–Kier alpha value is -0.970. The van der Waals surface area contributed by atoms with Crippen molar-refractivity contribution in [2.24, 2.45) is 0 Å². The summed E-state index contributed by atoms with van der Waals surface area (Å²) >= 11 is 0. The van der Waals surface area contributed by atoms with Crippen LogP contribution in [0, 0.1) is 0 Å². The van der Waals surface area contributed by atoms with Crippen molar-refractivity contribution in [2.45, 2.75) is 51.2 Å². The summed E-state index contributed by atoms with van der Waals surface area (Å²) in [5, 5.41) is 12.5. The van der Waals surface area contributed by atoms with Crippen LogP contribution in [0.5, 0.6) is 0 Å². The maximum absolute atomic E-state index is 8.86. The van der Waals surface area contributed by atoms with Gasteiger partial charge < -0.3 is 10.4 Å². The highest BCUT2D eigenvalue weighted by Gasteiger charge is 2.20. The Bertz CT molecular complexity index is 363. The van der Waals surface area contributed by atoms with Gasteiger partial charge in [-0.15, -0.1) is 0 Å². The van der Waals surface area contributed by atoms with Gasteiger partial charge in [0, 0.05) is 37.6 Å². The molecule has 0 saturated carbocycles. The van der Waals surface area contributed by atoms with Crippen molar-refractivity contribution in [3.63, 3.8) is 0 Å². The molecule has 1 unspecified atom stereocenters. The van der Waals surface area contributed by atoms with Crippen LogP contribution >= 0.6 is 0 Å². The molecule has 0 radical (unpaired) electrons. The summed E-state index contributed by atoms with van der Waals surface area (Å²) in [5.74, 6) is 0. The lowest BCUT2D eigenvalue weighted by Gasteiger charge is -2.34. The first-order valence-corrected chi connectivity index (χ1v) is 7.76. The fraction of sp³-hybridized carbons (Fsp3) is 0.688. The maximum Gasteiger partial charge on any atom is 0.0431 e. The molecule has 0 spiro atoms. The topological polar surface area (TPSA) is 48.4 Å². The minimum atomic E-state index is 0.302. The van der Waals surface area contributed by atoms with Crippen molar-refractivity contribution < 1.29 is 5.11 Å². The molecule has 0 aromatic carbocycles. The van der Waals surface area contributed by atoms with Gasteiger partial charge in [-0.2, -0.15) is 0 Å². The van der Waals surface area contributed by atoms with Crippen LogP contribution in [0.15, 0.2) is 24.5 Å². The lowest BCUT2D eigenvalue weighted by atomic mass is 10.0. The van der Waals surface area contributed by atoms with Crippen molar-refractivity contribution >= 4 is 0 Å². The van der Waals surface area contributed by atoms with E-state index in [0.717, 1.165) is 32.5 Å². The Morgan fingerprint density at radius 1 is 1.35 bits per heavy atom. The van der Waals surface area contributed by atoms with Crippen LogP contribution < -0.4 is 5.32 Å². The van der Waals surface area contributed by atoms with Gasteiger partial charge in [-0.05, 0) is 63.4 Å². The van der Waals surface area contributed by atoms with Crippen molar-refractivity contribution in [1.29, 1.82) is 0 Å². The summed E-state index contributed by atoms with van der Waals surface area (Å²) < 4.78 is 0. The first-order chi connectivity index (χ1) is 9.78. The van der Waals surface area contributed by atoms with E-state index in [-0.39, 0.29) is 0 Å². The summed E-state index contributed by atoms with van der Waals surface area (Å²) in [4.78, 5) is 6.58. The van der Waals surface area contributed by atoms with Gasteiger partial charge >= 0.3 is 0 Å². The Kier molecular flexibility index (Phi) is 6.43. The number of rotatable bonds is 7. The number of hydrogen-bond acceptors (Lipinski definition) is 4. The quantitative estimate of drug-likeness (QED) is 0.798. The molecule has 2 rings (SSSR count). The Morgan fingerprint density at radius 3 is 2.70 bits per heavy atom. The molecule has 1 saturated heterocycles. The van der Waals surface area contributed by atoms with Gasteiger partial charge in [-0.25, -0.2) is 0 Å². The number of aliphatic hydroxyl groups excluding tert-OH is 1. The fourth-order valence-corrected chi connectivity index (χ4v) is 2.89. The molecule has 1 fully saturated rings. The number of pyridine rings is 1. The van der Waals surface area contributed by atoms with Crippen LogP contribution in [0.2, 0.25) is 0 Å². The van der Waals surface area contributed by atoms with Gasteiger partial charge in [-0.3, -0.25) is 9.88 Å². The second-order valence-electron chi connectivity index (χ2n) is 5.84. The highest BCUT2D eigenvalue weighted by atomic mass is 16.2. The normalized spacial score (nSPS) is 19.1. The first-order valence-electron chi connectivity index (χ1n) is 7.76. The molecule has 112 valence electrons. The molecule has 4 heteroatoms. The maximum atomic E-state index is 8.86. The number of hydrogen-bond donors (Lipinski definition) is 2. The standard InChI is InChI=1S/C16H27N3O/c1-14(3-2-12-20)18-16-6-10-19(11-7-16)13-15-4-8-17-9-5-15/h4-5,8-9,14,16,18,20H,2-3,6-7,10-13H2,1H3. The van der Waals surface area contributed by atoms with E-state index in [2.05, 4.69) is 34.3 Å². The molecule has 20 heavy (non-hydrogen) atoms. The molecule has 1 aromatic rings. The average molecular weight is 277 g/mol. The van der Waals surface area contributed by atoms with E-state index < -0.39 is 0 Å². The van der Waals surface area contributed by atoms with Gasteiger partial charge in [0.25, 0.3) is 0 Å². The molecule has 0 amide bonds. The highest BCUT2D eigenvalue weighted by molar-refractivity contribution is 5.09. The number of aromatic nitrogens is 1. The van der Waals surface area contributed by atoms with Gasteiger partial charge in [-0.1, -0.05) is 0 Å². The molecular formula is C16H27N3O. The van der Waals surface area contributed by atoms with Crippen LogP contribution in [-0.4, -0.2) is 46.8 Å². The zero-order valence-electron chi connectivity index (χ0n) is 12.5. The molecule has 1 aliphatic rings. The third-order valence-corrected chi connectivity index (χ3v) is 4.06. The van der Waals surface area contributed by atoms with E-state index in [0.29, 0.717) is 18.7 Å². The van der Waals surface area contributed by atoms with E-state index in [9.17, 15) is 0 Å². The third-order valence-electron chi connectivity index (χ3n) is 4.06. The molecule has 0 aliphatic carbocycles. The molecular weight excluding hydrogens is 250 g/mol. The van der Waals surface area contributed by atoms with Crippen LogP contribution in [0.3, 0.4) is 0 Å². The summed E-state index contributed by atoms with van der Waals surface area (Å²) in [5.41, 5.74) is 1.35. The number of piperidine rings is 1. The second kappa shape index (κ2) is 8.35. The predicted octanol–water partition coefficient (Wildman–Crippen LogP) is 1.80. The largest absolute Gasteiger partial charge is 0.396 e. The predicted molar refractivity (Wildman–Crippen MR) is 81.5 cm³/mol. The summed E-state index contributed by atoms with van der Waals surface area (Å²) in [6, 6.07) is 5.35. The summed E-state index contributed by atoms with van der Waals surface area (Å²) in [7, 11) is 0. The zero-order valence-corrected chi connectivity index (χ0v) is 12.5. The molecule has 1 aliphatic heterocycles. The lowest BCUT2D eigenvalue weighted by molar-refractivity contribution is 0.182.